The van der Waals surface area contributed by atoms with Crippen molar-refractivity contribution in [1.82, 2.24) is 0 Å². The van der Waals surface area contributed by atoms with Crippen molar-refractivity contribution in [2.45, 2.75) is 50.2 Å². The number of ether oxygens (including phenoxy) is 2. The smallest absolute Gasteiger partial charge is 0.332 e. The summed E-state index contributed by atoms with van der Waals surface area (Å²) in [4.78, 5) is 12.3. The van der Waals surface area contributed by atoms with Crippen molar-refractivity contribution in [3.05, 3.63) is 66.2 Å². The van der Waals surface area contributed by atoms with Crippen LogP contribution in [0.3, 0.4) is 0 Å². The summed E-state index contributed by atoms with van der Waals surface area (Å²) in [6.45, 7) is 5.22. The molecule has 1 atom stereocenters. The van der Waals surface area contributed by atoms with Gasteiger partial charge in [0.25, 0.3) is 0 Å². The van der Waals surface area contributed by atoms with Crippen LogP contribution in [0.5, 0.6) is 0 Å². The average Bonchev–Trinajstić information content (AvgIpc) is 2.64. The summed E-state index contributed by atoms with van der Waals surface area (Å²) in [6.07, 6.45) is 0.531. The Morgan fingerprint density at radius 3 is 2.11 bits per heavy atom. The van der Waals surface area contributed by atoms with E-state index < -0.39 is 21.4 Å². The second-order valence-electron chi connectivity index (χ2n) is 7.57. The summed E-state index contributed by atoms with van der Waals surface area (Å²) >= 11 is 0. The van der Waals surface area contributed by atoms with Crippen molar-refractivity contribution in [3.8, 4) is 0 Å². The van der Waals surface area contributed by atoms with E-state index in [0.29, 0.717) is 17.7 Å². The standard InChI is InChI=1S/C22H28O5S/c1-22(2,3)27-21(23)17-26-20(18-11-6-4-7-12-18)15-10-16-28(24,25)19-13-8-5-9-14-19/h4-9,11-14,20H,10,15-17H2,1-3H3. The Hall–Kier alpha value is -2.18. The topological polar surface area (TPSA) is 69.7 Å². The zero-order valence-electron chi connectivity index (χ0n) is 16.6. The van der Waals surface area contributed by atoms with Gasteiger partial charge >= 0.3 is 5.97 Å². The zero-order valence-corrected chi connectivity index (χ0v) is 17.4. The van der Waals surface area contributed by atoms with Crippen molar-refractivity contribution < 1.29 is 22.7 Å². The third kappa shape index (κ3) is 7.44. The highest BCUT2D eigenvalue weighted by Crippen LogP contribution is 2.24. The SMILES string of the molecule is CC(C)(C)OC(=O)COC(CCCS(=O)(=O)c1ccccc1)c1ccccc1. The highest BCUT2D eigenvalue weighted by atomic mass is 32.2. The lowest BCUT2D eigenvalue weighted by Crippen LogP contribution is -2.27. The molecule has 0 saturated heterocycles. The fourth-order valence-electron chi connectivity index (χ4n) is 2.76. The molecule has 2 aromatic rings. The van der Waals surface area contributed by atoms with E-state index in [1.54, 1.807) is 51.1 Å². The van der Waals surface area contributed by atoms with Crippen molar-refractivity contribution in [1.29, 1.82) is 0 Å². The first kappa shape index (κ1) is 22.1. The Bertz CT molecular complexity index is 840. The van der Waals surface area contributed by atoms with Gasteiger partial charge in [0.15, 0.2) is 9.84 Å². The van der Waals surface area contributed by atoms with Gasteiger partial charge in [0.2, 0.25) is 0 Å². The maximum atomic E-state index is 12.5. The van der Waals surface area contributed by atoms with Crippen molar-refractivity contribution >= 4 is 15.8 Å². The first-order chi connectivity index (χ1) is 13.2. The molecule has 0 fully saturated rings. The summed E-state index contributed by atoms with van der Waals surface area (Å²) in [6, 6.07) is 17.9. The summed E-state index contributed by atoms with van der Waals surface area (Å²) < 4.78 is 36.0. The van der Waals surface area contributed by atoms with Crippen LogP contribution in [-0.2, 0) is 24.1 Å². The third-order valence-electron chi connectivity index (χ3n) is 3.98. The van der Waals surface area contributed by atoms with Gasteiger partial charge in [0.05, 0.1) is 16.8 Å². The largest absolute Gasteiger partial charge is 0.458 e. The van der Waals surface area contributed by atoms with E-state index in [1.807, 2.05) is 30.3 Å². The van der Waals surface area contributed by atoms with Crippen LogP contribution in [0.2, 0.25) is 0 Å². The molecule has 2 rings (SSSR count). The van der Waals surface area contributed by atoms with Gasteiger partial charge in [-0.2, -0.15) is 0 Å². The number of rotatable bonds is 9. The van der Waals surface area contributed by atoms with E-state index in [9.17, 15) is 13.2 Å². The first-order valence-corrected chi connectivity index (χ1v) is 11.0. The molecule has 5 nitrogen and oxygen atoms in total. The minimum atomic E-state index is -3.34. The Labute approximate surface area is 167 Å². The van der Waals surface area contributed by atoms with Gasteiger partial charge in [0.1, 0.15) is 12.2 Å². The molecule has 0 aliphatic carbocycles. The number of sulfone groups is 1. The van der Waals surface area contributed by atoms with Gasteiger partial charge < -0.3 is 9.47 Å². The lowest BCUT2D eigenvalue weighted by molar-refractivity contribution is -0.162. The molecule has 152 valence electrons. The van der Waals surface area contributed by atoms with Gasteiger partial charge in [-0.25, -0.2) is 13.2 Å². The Morgan fingerprint density at radius 1 is 0.964 bits per heavy atom. The number of hydrogen-bond acceptors (Lipinski definition) is 5. The van der Waals surface area contributed by atoms with E-state index in [2.05, 4.69) is 0 Å². The van der Waals surface area contributed by atoms with E-state index in [0.717, 1.165) is 5.56 Å². The second-order valence-corrected chi connectivity index (χ2v) is 9.68. The van der Waals surface area contributed by atoms with Gasteiger partial charge in [-0.3, -0.25) is 0 Å². The molecular weight excluding hydrogens is 376 g/mol. The molecule has 0 aliphatic heterocycles. The van der Waals surface area contributed by atoms with Crippen LogP contribution in [0, 0.1) is 0 Å². The zero-order chi connectivity index (χ0) is 20.6. The van der Waals surface area contributed by atoms with E-state index in [4.69, 9.17) is 9.47 Å². The Kier molecular flexibility index (Phi) is 7.78. The molecule has 28 heavy (non-hydrogen) atoms. The summed E-state index contributed by atoms with van der Waals surface area (Å²) in [7, 11) is -3.34. The molecule has 6 heteroatoms. The van der Waals surface area contributed by atoms with Crippen LogP contribution in [-0.4, -0.2) is 32.3 Å². The van der Waals surface area contributed by atoms with Crippen LogP contribution in [0.15, 0.2) is 65.6 Å². The molecule has 0 aromatic heterocycles. The van der Waals surface area contributed by atoms with Crippen LogP contribution >= 0.6 is 0 Å². The van der Waals surface area contributed by atoms with Crippen LogP contribution in [0.25, 0.3) is 0 Å². The molecule has 1 unspecified atom stereocenters. The lowest BCUT2D eigenvalue weighted by Gasteiger charge is -2.22. The van der Waals surface area contributed by atoms with Gasteiger partial charge in [-0.1, -0.05) is 48.5 Å². The maximum Gasteiger partial charge on any atom is 0.332 e. The number of benzene rings is 2. The quantitative estimate of drug-likeness (QED) is 0.582. The lowest BCUT2D eigenvalue weighted by atomic mass is 10.1. The van der Waals surface area contributed by atoms with Crippen LogP contribution in [0.1, 0.15) is 45.3 Å². The van der Waals surface area contributed by atoms with Crippen molar-refractivity contribution in [2.24, 2.45) is 0 Å². The molecular formula is C22H28O5S. The van der Waals surface area contributed by atoms with Gasteiger partial charge in [0, 0.05) is 0 Å². The molecule has 0 bridgehead atoms. The summed E-state index contributed by atoms with van der Waals surface area (Å²) in [5.74, 6) is -0.416. The van der Waals surface area contributed by atoms with E-state index in [-0.39, 0.29) is 18.5 Å². The fraction of sp³-hybridized carbons (Fsp3) is 0.409. The van der Waals surface area contributed by atoms with Gasteiger partial charge in [-0.05, 0) is 51.3 Å². The molecule has 0 saturated carbocycles. The number of carbonyl (C=O) groups excluding carboxylic acids is 1. The van der Waals surface area contributed by atoms with E-state index >= 15 is 0 Å². The molecule has 0 aliphatic rings. The first-order valence-electron chi connectivity index (χ1n) is 9.33. The molecule has 0 amide bonds. The Morgan fingerprint density at radius 2 is 1.54 bits per heavy atom. The molecule has 0 heterocycles. The predicted molar refractivity (Wildman–Crippen MR) is 109 cm³/mol. The molecule has 0 spiro atoms. The third-order valence-corrected chi connectivity index (χ3v) is 5.79. The minimum Gasteiger partial charge on any atom is -0.458 e. The highest BCUT2D eigenvalue weighted by molar-refractivity contribution is 7.91. The maximum absolute atomic E-state index is 12.5. The Balaban J connectivity index is 1.98. The highest BCUT2D eigenvalue weighted by Gasteiger charge is 2.20. The van der Waals surface area contributed by atoms with Crippen molar-refractivity contribution in [3.63, 3.8) is 0 Å². The number of esters is 1. The van der Waals surface area contributed by atoms with Gasteiger partial charge in [-0.15, -0.1) is 0 Å². The molecule has 2 aromatic carbocycles. The number of hydrogen-bond donors (Lipinski definition) is 0. The van der Waals surface area contributed by atoms with E-state index in [1.165, 1.54) is 0 Å². The number of carbonyl (C=O) groups is 1. The average molecular weight is 405 g/mol. The second kappa shape index (κ2) is 9.85. The molecule has 0 N–H and O–H groups in total. The minimum absolute atomic E-state index is 0.0240. The van der Waals surface area contributed by atoms with Crippen molar-refractivity contribution in [2.75, 3.05) is 12.4 Å². The van der Waals surface area contributed by atoms with Crippen LogP contribution in [0.4, 0.5) is 0 Å². The normalized spacial score (nSPS) is 13.1. The summed E-state index contributed by atoms with van der Waals surface area (Å²) in [5.41, 5.74) is 0.329. The fourth-order valence-corrected chi connectivity index (χ4v) is 4.11. The molecule has 0 radical (unpaired) electrons. The monoisotopic (exact) mass is 404 g/mol. The predicted octanol–water partition coefficient (Wildman–Crippen LogP) is 4.34. The summed E-state index contributed by atoms with van der Waals surface area (Å²) in [5, 5.41) is 0. The van der Waals surface area contributed by atoms with Crippen LogP contribution < -0.4 is 0 Å².